The minimum absolute atomic E-state index is 0.0529. The number of hydrogen-bond donors (Lipinski definition) is 0. The van der Waals surface area contributed by atoms with E-state index < -0.39 is 5.79 Å². The highest BCUT2D eigenvalue weighted by Crippen LogP contribution is 2.55. The van der Waals surface area contributed by atoms with Crippen molar-refractivity contribution in [1.29, 1.82) is 0 Å². The Labute approximate surface area is 153 Å². The number of piperidine rings is 1. The molecule has 1 aliphatic heterocycles. The normalized spacial score (nSPS) is 33.0. The van der Waals surface area contributed by atoms with Gasteiger partial charge in [0.1, 0.15) is 5.75 Å². The Morgan fingerprint density at radius 2 is 1.96 bits per heavy atom. The second-order valence-electron chi connectivity index (χ2n) is 7.20. The molecule has 0 bridgehead atoms. The van der Waals surface area contributed by atoms with E-state index in [1.165, 1.54) is 5.56 Å². The standard InChI is InChI=1S/C19H28BrNO3/c1-21-9-8-18(14-6-5-7-16(10-14)22-2)13-19(23-3,24-4)17(20)11-15(18)12-21/h5-7,10,15,17H,8-9,11-13H2,1-4H3. The number of ether oxygens (including phenoxy) is 3. The molecule has 3 atom stereocenters. The number of alkyl halides is 1. The van der Waals surface area contributed by atoms with Crippen molar-refractivity contribution in [2.45, 2.75) is 35.3 Å². The average Bonchev–Trinajstić information content (AvgIpc) is 2.61. The maximum atomic E-state index is 5.91. The number of nitrogens with zero attached hydrogens (tertiary/aromatic N) is 1. The predicted molar refractivity (Wildman–Crippen MR) is 99.0 cm³/mol. The van der Waals surface area contributed by atoms with Gasteiger partial charge >= 0.3 is 0 Å². The molecule has 5 heteroatoms. The Hall–Kier alpha value is -0.620. The van der Waals surface area contributed by atoms with Crippen molar-refractivity contribution in [2.24, 2.45) is 5.92 Å². The van der Waals surface area contributed by atoms with Crippen molar-refractivity contribution < 1.29 is 14.2 Å². The molecule has 1 aliphatic carbocycles. The first kappa shape index (κ1) is 18.2. The zero-order valence-corrected chi connectivity index (χ0v) is 16.6. The van der Waals surface area contributed by atoms with Gasteiger partial charge in [0.25, 0.3) is 0 Å². The summed E-state index contributed by atoms with van der Waals surface area (Å²) < 4.78 is 17.3. The lowest BCUT2D eigenvalue weighted by molar-refractivity contribution is -0.240. The number of rotatable bonds is 4. The summed E-state index contributed by atoms with van der Waals surface area (Å²) in [6.07, 6.45) is 2.99. The van der Waals surface area contributed by atoms with Crippen LogP contribution in [0.4, 0.5) is 0 Å². The summed E-state index contributed by atoms with van der Waals surface area (Å²) in [6, 6.07) is 8.55. The maximum absolute atomic E-state index is 5.91. The van der Waals surface area contributed by atoms with Crippen LogP contribution in [0.25, 0.3) is 0 Å². The van der Waals surface area contributed by atoms with E-state index in [2.05, 4.69) is 46.1 Å². The molecule has 0 N–H and O–H groups in total. The lowest BCUT2D eigenvalue weighted by Gasteiger charge is -2.57. The van der Waals surface area contributed by atoms with E-state index in [9.17, 15) is 0 Å². The van der Waals surface area contributed by atoms with Crippen LogP contribution in [0.15, 0.2) is 24.3 Å². The first-order valence-corrected chi connectivity index (χ1v) is 9.48. The van der Waals surface area contributed by atoms with E-state index in [4.69, 9.17) is 14.2 Å². The summed E-state index contributed by atoms with van der Waals surface area (Å²) in [6.45, 7) is 2.19. The van der Waals surface area contributed by atoms with Gasteiger partial charge in [0.2, 0.25) is 0 Å². The van der Waals surface area contributed by atoms with Crippen molar-refractivity contribution >= 4 is 15.9 Å². The highest BCUT2D eigenvalue weighted by Gasteiger charge is 2.57. The Balaban J connectivity index is 2.07. The van der Waals surface area contributed by atoms with E-state index in [0.717, 1.165) is 38.1 Å². The largest absolute Gasteiger partial charge is 0.497 e. The van der Waals surface area contributed by atoms with Crippen LogP contribution in [-0.4, -0.2) is 57.0 Å². The van der Waals surface area contributed by atoms with Crippen molar-refractivity contribution in [3.63, 3.8) is 0 Å². The number of fused-ring (bicyclic) bond motifs is 1. The van der Waals surface area contributed by atoms with Crippen LogP contribution in [0.3, 0.4) is 0 Å². The molecular formula is C19H28BrNO3. The quantitative estimate of drug-likeness (QED) is 0.575. The molecule has 134 valence electrons. The highest BCUT2D eigenvalue weighted by molar-refractivity contribution is 9.09. The Kier molecular flexibility index (Phi) is 5.26. The van der Waals surface area contributed by atoms with Gasteiger partial charge in [0.15, 0.2) is 5.79 Å². The Bertz CT molecular complexity index is 577. The van der Waals surface area contributed by atoms with Crippen LogP contribution in [-0.2, 0) is 14.9 Å². The third kappa shape index (κ3) is 2.90. The molecule has 1 aromatic rings. The molecule has 0 spiro atoms. The summed E-state index contributed by atoms with van der Waals surface area (Å²) >= 11 is 3.85. The molecule has 0 aromatic heterocycles. The summed E-state index contributed by atoms with van der Waals surface area (Å²) in [7, 11) is 7.46. The third-order valence-electron chi connectivity index (χ3n) is 6.12. The van der Waals surface area contributed by atoms with Gasteiger partial charge in [-0.1, -0.05) is 28.1 Å². The predicted octanol–water partition coefficient (Wildman–Crippen LogP) is 3.43. The molecule has 2 fully saturated rings. The SMILES string of the molecule is COc1cccc(C23CCN(C)CC2CC(Br)C(OC)(OC)C3)c1. The molecule has 0 amide bonds. The summed E-state index contributed by atoms with van der Waals surface area (Å²) in [5.41, 5.74) is 1.40. The van der Waals surface area contributed by atoms with E-state index in [0.29, 0.717) is 5.92 Å². The molecule has 1 saturated carbocycles. The van der Waals surface area contributed by atoms with Crippen LogP contribution in [0.5, 0.6) is 5.75 Å². The monoisotopic (exact) mass is 397 g/mol. The van der Waals surface area contributed by atoms with Gasteiger partial charge in [0, 0.05) is 32.6 Å². The molecule has 1 heterocycles. The van der Waals surface area contributed by atoms with Gasteiger partial charge in [-0.25, -0.2) is 0 Å². The van der Waals surface area contributed by atoms with Crippen LogP contribution in [0.2, 0.25) is 0 Å². The highest BCUT2D eigenvalue weighted by atomic mass is 79.9. The minimum atomic E-state index is -0.588. The van der Waals surface area contributed by atoms with Crippen molar-refractivity contribution in [1.82, 2.24) is 4.90 Å². The fraction of sp³-hybridized carbons (Fsp3) is 0.684. The second-order valence-corrected chi connectivity index (χ2v) is 8.30. The number of halogens is 1. The van der Waals surface area contributed by atoms with Gasteiger partial charge in [-0.15, -0.1) is 0 Å². The summed E-state index contributed by atoms with van der Waals surface area (Å²) in [5, 5.41) is 0. The van der Waals surface area contributed by atoms with Crippen LogP contribution in [0.1, 0.15) is 24.8 Å². The van der Waals surface area contributed by atoms with Gasteiger partial charge < -0.3 is 19.1 Å². The lowest BCUT2D eigenvalue weighted by Crippen LogP contribution is -2.61. The molecule has 3 unspecified atom stereocenters. The molecule has 4 nitrogen and oxygen atoms in total. The number of likely N-dealkylation sites (tertiary alicyclic amines) is 1. The second kappa shape index (κ2) is 6.94. The lowest BCUT2D eigenvalue weighted by atomic mass is 9.57. The minimum Gasteiger partial charge on any atom is -0.497 e. The first-order valence-electron chi connectivity index (χ1n) is 8.57. The zero-order chi connectivity index (χ0) is 17.4. The number of methoxy groups -OCH3 is 3. The van der Waals surface area contributed by atoms with Gasteiger partial charge in [-0.2, -0.15) is 0 Å². The van der Waals surface area contributed by atoms with Gasteiger partial charge in [-0.3, -0.25) is 0 Å². The van der Waals surface area contributed by atoms with E-state index in [-0.39, 0.29) is 10.2 Å². The van der Waals surface area contributed by atoms with Crippen LogP contribution in [0, 0.1) is 5.92 Å². The fourth-order valence-electron chi connectivity index (χ4n) is 4.65. The van der Waals surface area contributed by atoms with Crippen molar-refractivity contribution in [2.75, 3.05) is 41.5 Å². The van der Waals surface area contributed by atoms with E-state index >= 15 is 0 Å². The Morgan fingerprint density at radius 3 is 2.62 bits per heavy atom. The van der Waals surface area contributed by atoms with Crippen LogP contribution >= 0.6 is 15.9 Å². The number of hydrogen-bond acceptors (Lipinski definition) is 4. The number of benzene rings is 1. The van der Waals surface area contributed by atoms with E-state index in [1.807, 2.05) is 6.07 Å². The smallest absolute Gasteiger partial charge is 0.180 e. The van der Waals surface area contributed by atoms with Gasteiger partial charge in [0.05, 0.1) is 11.9 Å². The summed E-state index contributed by atoms with van der Waals surface area (Å²) in [5.74, 6) is 0.891. The van der Waals surface area contributed by atoms with Crippen molar-refractivity contribution in [3.8, 4) is 5.75 Å². The van der Waals surface area contributed by atoms with E-state index in [1.54, 1.807) is 21.3 Å². The average molecular weight is 398 g/mol. The fourth-order valence-corrected chi connectivity index (χ4v) is 5.63. The van der Waals surface area contributed by atoms with Gasteiger partial charge in [-0.05, 0) is 50.0 Å². The van der Waals surface area contributed by atoms with Crippen LogP contribution < -0.4 is 4.74 Å². The maximum Gasteiger partial charge on any atom is 0.180 e. The molecule has 24 heavy (non-hydrogen) atoms. The molecule has 0 radical (unpaired) electrons. The van der Waals surface area contributed by atoms with Crippen molar-refractivity contribution in [3.05, 3.63) is 29.8 Å². The topological polar surface area (TPSA) is 30.9 Å². The zero-order valence-electron chi connectivity index (χ0n) is 15.0. The molecule has 1 saturated heterocycles. The Morgan fingerprint density at radius 1 is 1.21 bits per heavy atom. The molecule has 1 aromatic carbocycles. The first-order chi connectivity index (χ1) is 11.5. The molecule has 3 rings (SSSR count). The summed E-state index contributed by atoms with van der Waals surface area (Å²) in [4.78, 5) is 2.63. The molecule has 2 aliphatic rings. The molecular weight excluding hydrogens is 370 g/mol. The third-order valence-corrected chi connectivity index (χ3v) is 7.19.